The number of alkyl halides is 1. The molecule has 0 aromatic carbocycles. The minimum Gasteiger partial charge on any atom is -0.464 e. The van der Waals surface area contributed by atoms with Crippen molar-refractivity contribution in [3.05, 3.63) is 30.7 Å². The second-order valence-corrected chi connectivity index (χ2v) is 7.14. The molecule has 1 aliphatic rings. The summed E-state index contributed by atoms with van der Waals surface area (Å²) in [6.45, 7) is 8.20. The van der Waals surface area contributed by atoms with Crippen molar-refractivity contribution in [2.45, 2.75) is 75.9 Å². The zero-order valence-corrected chi connectivity index (χ0v) is 17.1. The molecular formula is C19H27BrO6. The Hall–Kier alpha value is -1.56. The third-order valence-corrected chi connectivity index (χ3v) is 4.70. The number of ether oxygens (including phenoxy) is 4. The van der Waals surface area contributed by atoms with Gasteiger partial charge >= 0.3 is 11.9 Å². The van der Waals surface area contributed by atoms with Crippen molar-refractivity contribution in [1.82, 2.24) is 0 Å². The van der Waals surface area contributed by atoms with Gasteiger partial charge in [0.15, 0.2) is 0 Å². The fraction of sp³-hybridized carbons (Fsp3) is 0.632. The standard InChI is InChI=1S/C19H27BrO6/c1-5-7-8-9-15(20)16(24-13(3)21)11-17-18(25-14(4)22)12-19(26-17)23-10-6-2/h7-8,10,15-19H,2,5,9,11-12H2,1,3-4H3/b8-7+/t15-,16-,17+,18+,19+/m0/s1. The van der Waals surface area contributed by atoms with E-state index in [2.05, 4.69) is 41.2 Å². The zero-order chi connectivity index (χ0) is 19.5. The Morgan fingerprint density at radius 2 is 2.08 bits per heavy atom. The van der Waals surface area contributed by atoms with E-state index in [1.54, 1.807) is 0 Å². The van der Waals surface area contributed by atoms with E-state index >= 15 is 0 Å². The van der Waals surface area contributed by atoms with Gasteiger partial charge in [0.05, 0.1) is 4.83 Å². The molecule has 1 heterocycles. The summed E-state index contributed by atoms with van der Waals surface area (Å²) in [5.74, 6) is -0.767. The Balaban J connectivity index is 2.82. The van der Waals surface area contributed by atoms with Gasteiger partial charge in [-0.2, -0.15) is 0 Å². The number of hydrogen-bond donors (Lipinski definition) is 0. The average molecular weight is 431 g/mol. The SMILES string of the molecule is C=C=CO[C@H]1C[C@@H](OC(C)=O)[C@@H](C[C@H](OC(C)=O)[C@@H](Br)C/C=C/CC)O1. The van der Waals surface area contributed by atoms with Crippen LogP contribution in [0.2, 0.25) is 0 Å². The average Bonchev–Trinajstić information content (AvgIpc) is 2.93. The summed E-state index contributed by atoms with van der Waals surface area (Å²) in [7, 11) is 0. The third kappa shape index (κ3) is 8.21. The molecule has 0 aliphatic carbocycles. The summed E-state index contributed by atoms with van der Waals surface area (Å²) in [6, 6.07) is 0. The Morgan fingerprint density at radius 3 is 2.65 bits per heavy atom. The number of halogens is 1. The summed E-state index contributed by atoms with van der Waals surface area (Å²) in [5.41, 5.74) is 2.51. The number of esters is 2. The highest BCUT2D eigenvalue weighted by atomic mass is 79.9. The lowest BCUT2D eigenvalue weighted by Gasteiger charge is -2.26. The van der Waals surface area contributed by atoms with Gasteiger partial charge in [0.2, 0.25) is 6.29 Å². The first-order chi connectivity index (χ1) is 12.4. The van der Waals surface area contributed by atoms with Crippen LogP contribution < -0.4 is 0 Å². The molecular weight excluding hydrogens is 404 g/mol. The van der Waals surface area contributed by atoms with E-state index in [-0.39, 0.29) is 10.8 Å². The molecule has 5 atom stereocenters. The molecule has 0 saturated carbocycles. The molecule has 6 nitrogen and oxygen atoms in total. The Bertz CT molecular complexity index is 540. The minimum atomic E-state index is -0.564. The number of carbonyl (C=O) groups is 2. The second kappa shape index (κ2) is 11.9. The van der Waals surface area contributed by atoms with E-state index in [1.807, 2.05) is 6.08 Å². The molecule has 1 saturated heterocycles. The highest BCUT2D eigenvalue weighted by molar-refractivity contribution is 9.09. The van der Waals surface area contributed by atoms with Crippen LogP contribution in [0.1, 0.15) is 46.5 Å². The van der Waals surface area contributed by atoms with E-state index in [0.29, 0.717) is 19.3 Å². The van der Waals surface area contributed by atoms with E-state index in [0.717, 1.165) is 6.42 Å². The fourth-order valence-corrected chi connectivity index (χ4v) is 3.23. The van der Waals surface area contributed by atoms with Crippen LogP contribution in [0.3, 0.4) is 0 Å². The molecule has 0 bridgehead atoms. The normalized spacial score (nSPS) is 24.5. The molecule has 0 unspecified atom stereocenters. The van der Waals surface area contributed by atoms with Crippen LogP contribution in [-0.4, -0.2) is 41.4 Å². The first kappa shape index (κ1) is 22.5. The van der Waals surface area contributed by atoms with Gasteiger partial charge in [-0.15, -0.1) is 0 Å². The molecule has 146 valence electrons. The van der Waals surface area contributed by atoms with Crippen molar-refractivity contribution in [1.29, 1.82) is 0 Å². The van der Waals surface area contributed by atoms with Gasteiger partial charge in [0.25, 0.3) is 0 Å². The summed E-state index contributed by atoms with van der Waals surface area (Å²) in [4.78, 5) is 22.8. The summed E-state index contributed by atoms with van der Waals surface area (Å²) in [5, 5.41) is 0. The Morgan fingerprint density at radius 1 is 1.35 bits per heavy atom. The van der Waals surface area contributed by atoms with Crippen molar-refractivity contribution in [2.24, 2.45) is 0 Å². The van der Waals surface area contributed by atoms with Crippen LogP contribution in [0.15, 0.2) is 30.7 Å². The lowest BCUT2D eigenvalue weighted by atomic mass is 10.0. The third-order valence-electron chi connectivity index (χ3n) is 3.74. The molecule has 1 aliphatic heterocycles. The van der Waals surface area contributed by atoms with Crippen molar-refractivity contribution in [3.63, 3.8) is 0 Å². The molecule has 0 amide bonds. The van der Waals surface area contributed by atoms with Gasteiger partial charge in [-0.3, -0.25) is 9.59 Å². The van der Waals surface area contributed by atoms with Crippen LogP contribution in [0.25, 0.3) is 0 Å². The van der Waals surface area contributed by atoms with Crippen LogP contribution in [0.5, 0.6) is 0 Å². The molecule has 0 aromatic heterocycles. The molecule has 26 heavy (non-hydrogen) atoms. The largest absolute Gasteiger partial charge is 0.464 e. The number of carbonyl (C=O) groups excluding carboxylic acids is 2. The van der Waals surface area contributed by atoms with E-state index < -0.39 is 30.6 Å². The Kier molecular flexibility index (Phi) is 10.3. The second-order valence-electron chi connectivity index (χ2n) is 5.96. The van der Waals surface area contributed by atoms with Gasteiger partial charge in [-0.1, -0.05) is 47.3 Å². The van der Waals surface area contributed by atoms with Gasteiger partial charge in [0, 0.05) is 26.7 Å². The summed E-state index contributed by atoms with van der Waals surface area (Å²) >= 11 is 3.59. The summed E-state index contributed by atoms with van der Waals surface area (Å²) in [6.07, 6.45) is 5.91. The van der Waals surface area contributed by atoms with Gasteiger partial charge < -0.3 is 18.9 Å². The van der Waals surface area contributed by atoms with Gasteiger partial charge in [-0.05, 0) is 12.8 Å². The fourth-order valence-electron chi connectivity index (χ4n) is 2.69. The van der Waals surface area contributed by atoms with Crippen molar-refractivity contribution >= 4 is 27.9 Å². The quantitative estimate of drug-likeness (QED) is 0.172. The predicted molar refractivity (Wildman–Crippen MR) is 101 cm³/mol. The highest BCUT2D eigenvalue weighted by Gasteiger charge is 2.41. The van der Waals surface area contributed by atoms with E-state index in [4.69, 9.17) is 18.9 Å². The van der Waals surface area contributed by atoms with Crippen LogP contribution in [0.4, 0.5) is 0 Å². The smallest absolute Gasteiger partial charge is 0.302 e. The van der Waals surface area contributed by atoms with Crippen molar-refractivity contribution < 1.29 is 28.5 Å². The van der Waals surface area contributed by atoms with Crippen LogP contribution in [0, 0.1) is 0 Å². The number of hydrogen-bond acceptors (Lipinski definition) is 6. The zero-order valence-electron chi connectivity index (χ0n) is 15.5. The van der Waals surface area contributed by atoms with Crippen LogP contribution in [-0.2, 0) is 28.5 Å². The first-order valence-corrected chi connectivity index (χ1v) is 9.57. The lowest BCUT2D eigenvalue weighted by molar-refractivity contribution is -0.157. The van der Waals surface area contributed by atoms with E-state index in [9.17, 15) is 9.59 Å². The Labute approximate surface area is 163 Å². The van der Waals surface area contributed by atoms with E-state index in [1.165, 1.54) is 20.1 Å². The molecule has 1 rings (SSSR count). The molecule has 0 N–H and O–H groups in total. The van der Waals surface area contributed by atoms with Crippen molar-refractivity contribution in [3.8, 4) is 0 Å². The van der Waals surface area contributed by atoms with Gasteiger partial charge in [0.1, 0.15) is 24.6 Å². The monoisotopic (exact) mass is 430 g/mol. The molecule has 1 fully saturated rings. The maximum Gasteiger partial charge on any atom is 0.302 e. The minimum absolute atomic E-state index is 0.0798. The molecule has 0 radical (unpaired) electrons. The lowest BCUT2D eigenvalue weighted by Crippen LogP contribution is -2.35. The van der Waals surface area contributed by atoms with Gasteiger partial charge in [-0.25, -0.2) is 0 Å². The highest BCUT2D eigenvalue weighted by Crippen LogP contribution is 2.30. The number of rotatable bonds is 10. The maximum atomic E-state index is 11.5. The molecule has 7 heteroatoms. The van der Waals surface area contributed by atoms with Crippen molar-refractivity contribution in [2.75, 3.05) is 0 Å². The predicted octanol–water partition coefficient (Wildman–Crippen LogP) is 3.79. The topological polar surface area (TPSA) is 71.1 Å². The molecule has 0 spiro atoms. The number of allylic oxidation sites excluding steroid dienone is 2. The summed E-state index contributed by atoms with van der Waals surface area (Å²) < 4.78 is 22.0. The maximum absolute atomic E-state index is 11.5. The van der Waals surface area contributed by atoms with Crippen LogP contribution >= 0.6 is 15.9 Å². The first-order valence-electron chi connectivity index (χ1n) is 8.66. The molecule has 0 aromatic rings.